The van der Waals surface area contributed by atoms with Crippen LogP contribution in [0.1, 0.15) is 28.8 Å². The molecule has 1 saturated heterocycles. The van der Waals surface area contributed by atoms with Crippen molar-refractivity contribution in [1.82, 2.24) is 9.88 Å². The van der Waals surface area contributed by atoms with Crippen LogP contribution in [0.15, 0.2) is 42.7 Å². The van der Waals surface area contributed by atoms with Crippen LogP contribution in [0.3, 0.4) is 0 Å². The van der Waals surface area contributed by atoms with E-state index in [1.54, 1.807) is 17.2 Å². The molecule has 1 aromatic carbocycles. The summed E-state index contributed by atoms with van der Waals surface area (Å²) in [5, 5.41) is 0.427. The van der Waals surface area contributed by atoms with E-state index in [0.29, 0.717) is 36.7 Å². The molecule has 0 saturated carbocycles. The van der Waals surface area contributed by atoms with Crippen LogP contribution in [0.2, 0.25) is 5.02 Å². The van der Waals surface area contributed by atoms with Crippen LogP contribution < -0.4 is 4.74 Å². The smallest absolute Gasteiger partial charge is 0.416 e. The van der Waals surface area contributed by atoms with Gasteiger partial charge in [-0.15, -0.1) is 0 Å². The van der Waals surface area contributed by atoms with Gasteiger partial charge in [0, 0.05) is 50.0 Å². The molecule has 26 heavy (non-hydrogen) atoms. The number of carbonyl (C=O) groups excluding carboxylic acids is 1. The van der Waals surface area contributed by atoms with Gasteiger partial charge >= 0.3 is 6.18 Å². The highest BCUT2D eigenvalue weighted by Crippen LogP contribution is 2.30. The molecular weight excluding hydrogens is 369 g/mol. The number of halogens is 4. The molecule has 1 aromatic heterocycles. The van der Waals surface area contributed by atoms with Gasteiger partial charge < -0.3 is 9.64 Å². The van der Waals surface area contributed by atoms with E-state index in [1.165, 1.54) is 18.3 Å². The van der Waals surface area contributed by atoms with E-state index in [2.05, 4.69) is 4.98 Å². The van der Waals surface area contributed by atoms with Crippen molar-refractivity contribution in [2.24, 2.45) is 0 Å². The molecule has 0 aliphatic carbocycles. The lowest BCUT2D eigenvalue weighted by atomic mass is 10.1. The SMILES string of the molecule is O=C(c1ccc(C(F)(F)F)cc1)N1CCC(Oc2ccncc2Cl)CC1. The van der Waals surface area contributed by atoms with Crippen molar-refractivity contribution >= 4 is 17.5 Å². The molecule has 1 amide bonds. The third-order valence-corrected chi connectivity index (χ3v) is 4.50. The van der Waals surface area contributed by atoms with Crippen LogP contribution in [0.5, 0.6) is 5.75 Å². The number of alkyl halides is 3. The van der Waals surface area contributed by atoms with Crippen LogP contribution in [0, 0.1) is 0 Å². The first-order valence-corrected chi connectivity index (χ1v) is 8.45. The van der Waals surface area contributed by atoms with Crippen LogP contribution in [0.25, 0.3) is 0 Å². The van der Waals surface area contributed by atoms with Crippen molar-refractivity contribution in [3.8, 4) is 5.75 Å². The molecule has 0 bridgehead atoms. The highest BCUT2D eigenvalue weighted by atomic mass is 35.5. The van der Waals surface area contributed by atoms with Gasteiger partial charge in [0.25, 0.3) is 5.91 Å². The minimum atomic E-state index is -4.41. The molecule has 0 spiro atoms. The fraction of sp³-hybridized carbons (Fsp3) is 0.333. The molecule has 1 aliphatic heterocycles. The Kier molecular flexibility index (Phi) is 5.36. The first-order valence-electron chi connectivity index (χ1n) is 8.07. The van der Waals surface area contributed by atoms with E-state index in [4.69, 9.17) is 16.3 Å². The number of rotatable bonds is 3. The summed E-state index contributed by atoms with van der Waals surface area (Å²) in [5.74, 6) is 0.272. The predicted molar refractivity (Wildman–Crippen MR) is 90.2 cm³/mol. The Labute approximate surface area is 153 Å². The minimum Gasteiger partial charge on any atom is -0.489 e. The number of amides is 1. The van der Waals surface area contributed by atoms with E-state index < -0.39 is 11.7 Å². The molecule has 0 N–H and O–H groups in total. The van der Waals surface area contributed by atoms with Crippen molar-refractivity contribution in [3.05, 3.63) is 58.9 Å². The van der Waals surface area contributed by atoms with Crippen molar-refractivity contribution in [1.29, 1.82) is 0 Å². The van der Waals surface area contributed by atoms with Crippen molar-refractivity contribution in [2.45, 2.75) is 25.1 Å². The third kappa shape index (κ3) is 4.27. The lowest BCUT2D eigenvalue weighted by molar-refractivity contribution is -0.137. The molecule has 0 unspecified atom stereocenters. The first kappa shape index (κ1) is 18.5. The van der Waals surface area contributed by atoms with Gasteiger partial charge in [0.15, 0.2) is 0 Å². The summed E-state index contributed by atoms with van der Waals surface area (Å²) in [6.07, 6.45) is -0.168. The number of nitrogens with zero attached hydrogens (tertiary/aromatic N) is 2. The maximum Gasteiger partial charge on any atom is 0.416 e. The van der Waals surface area contributed by atoms with Crippen LogP contribution in [0.4, 0.5) is 13.2 Å². The number of pyridine rings is 1. The van der Waals surface area contributed by atoms with Crippen LogP contribution >= 0.6 is 11.6 Å². The monoisotopic (exact) mass is 384 g/mol. The lowest BCUT2D eigenvalue weighted by Crippen LogP contribution is -2.41. The molecule has 0 radical (unpaired) electrons. The summed E-state index contributed by atoms with van der Waals surface area (Å²) in [6, 6.07) is 5.96. The number of likely N-dealkylation sites (tertiary alicyclic amines) is 1. The van der Waals surface area contributed by atoms with Gasteiger partial charge in [0.05, 0.1) is 5.56 Å². The summed E-state index contributed by atoms with van der Waals surface area (Å²) in [6.45, 7) is 0.931. The first-order chi connectivity index (χ1) is 12.3. The van der Waals surface area contributed by atoms with Gasteiger partial charge in [-0.25, -0.2) is 0 Å². The molecule has 0 atom stereocenters. The van der Waals surface area contributed by atoms with Gasteiger partial charge in [-0.2, -0.15) is 13.2 Å². The fourth-order valence-corrected chi connectivity index (χ4v) is 2.96. The molecule has 2 aromatic rings. The predicted octanol–water partition coefficient (Wildman–Crippen LogP) is 4.44. The number of aromatic nitrogens is 1. The van der Waals surface area contributed by atoms with Crippen molar-refractivity contribution in [3.63, 3.8) is 0 Å². The Morgan fingerprint density at radius 2 is 1.81 bits per heavy atom. The van der Waals surface area contributed by atoms with Gasteiger partial charge in [-0.1, -0.05) is 11.6 Å². The van der Waals surface area contributed by atoms with E-state index in [-0.39, 0.29) is 17.6 Å². The molecule has 4 nitrogen and oxygen atoms in total. The number of hydrogen-bond donors (Lipinski definition) is 0. The maximum atomic E-state index is 12.6. The topological polar surface area (TPSA) is 42.4 Å². The Morgan fingerprint density at radius 3 is 2.38 bits per heavy atom. The second-order valence-corrected chi connectivity index (χ2v) is 6.40. The van der Waals surface area contributed by atoms with Gasteiger partial charge in [0.2, 0.25) is 0 Å². The average Bonchev–Trinajstić information content (AvgIpc) is 2.63. The zero-order valence-corrected chi connectivity index (χ0v) is 14.4. The molecule has 2 heterocycles. The zero-order chi connectivity index (χ0) is 18.7. The number of ether oxygens (including phenoxy) is 1. The Morgan fingerprint density at radius 1 is 1.15 bits per heavy atom. The van der Waals surface area contributed by atoms with E-state index in [1.807, 2.05) is 0 Å². The van der Waals surface area contributed by atoms with Gasteiger partial charge in [-0.05, 0) is 24.3 Å². The molecule has 8 heteroatoms. The van der Waals surface area contributed by atoms with E-state index in [0.717, 1.165) is 12.1 Å². The average molecular weight is 385 g/mol. The Balaban J connectivity index is 1.57. The minimum absolute atomic E-state index is 0.0773. The van der Waals surface area contributed by atoms with E-state index >= 15 is 0 Å². The van der Waals surface area contributed by atoms with Gasteiger partial charge in [-0.3, -0.25) is 9.78 Å². The highest BCUT2D eigenvalue weighted by Gasteiger charge is 2.31. The quantitative estimate of drug-likeness (QED) is 0.785. The van der Waals surface area contributed by atoms with Gasteiger partial charge in [0.1, 0.15) is 16.9 Å². The second-order valence-electron chi connectivity index (χ2n) is 5.99. The largest absolute Gasteiger partial charge is 0.489 e. The number of hydrogen-bond acceptors (Lipinski definition) is 3. The normalized spacial score (nSPS) is 15.8. The van der Waals surface area contributed by atoms with Crippen molar-refractivity contribution in [2.75, 3.05) is 13.1 Å². The maximum absolute atomic E-state index is 12.6. The number of piperidine rings is 1. The second kappa shape index (κ2) is 7.53. The zero-order valence-electron chi connectivity index (χ0n) is 13.7. The van der Waals surface area contributed by atoms with E-state index in [9.17, 15) is 18.0 Å². The summed E-state index contributed by atoms with van der Waals surface area (Å²) in [4.78, 5) is 18.0. The Bertz CT molecular complexity index is 773. The standard InChI is InChI=1S/C18H16ClF3N2O2/c19-15-11-23-8-5-16(15)26-14-6-9-24(10-7-14)17(25)12-1-3-13(4-2-12)18(20,21)22/h1-5,8,11,14H,6-7,9-10H2. The summed E-state index contributed by atoms with van der Waals surface area (Å²) in [5.41, 5.74) is -0.523. The summed E-state index contributed by atoms with van der Waals surface area (Å²) >= 11 is 6.02. The van der Waals surface area contributed by atoms with Crippen molar-refractivity contribution < 1.29 is 22.7 Å². The van der Waals surface area contributed by atoms with Crippen LogP contribution in [-0.2, 0) is 6.18 Å². The molecule has 1 fully saturated rings. The number of carbonyl (C=O) groups is 1. The highest BCUT2D eigenvalue weighted by molar-refractivity contribution is 6.31. The molecular formula is C18H16ClF3N2O2. The fourth-order valence-electron chi connectivity index (χ4n) is 2.80. The summed E-state index contributed by atoms with van der Waals surface area (Å²) < 4.78 is 43.6. The molecule has 1 aliphatic rings. The molecule has 138 valence electrons. The number of benzene rings is 1. The molecule has 3 rings (SSSR count). The Hall–Kier alpha value is -2.28. The summed E-state index contributed by atoms with van der Waals surface area (Å²) in [7, 11) is 0. The van der Waals surface area contributed by atoms with Crippen LogP contribution in [-0.4, -0.2) is 35.0 Å². The third-order valence-electron chi connectivity index (χ3n) is 4.22. The lowest BCUT2D eigenvalue weighted by Gasteiger charge is -2.32.